The molecule has 0 amide bonds. The fraction of sp³-hybridized carbons (Fsp3) is 1.00. The second-order valence-electron chi connectivity index (χ2n) is 2.95. The summed E-state index contributed by atoms with van der Waals surface area (Å²) in [4.78, 5) is 0. The number of halogens is 1. The molecular weight excluding hydrogens is 160 g/mol. The van der Waals surface area contributed by atoms with Crippen LogP contribution in [0.2, 0.25) is 0 Å². The summed E-state index contributed by atoms with van der Waals surface area (Å²) >= 11 is 0. The average Bonchev–Trinajstić information content (AvgIpc) is 1.64. The predicted molar refractivity (Wildman–Crippen MR) is 39.2 cm³/mol. The van der Waals surface area contributed by atoms with Crippen LogP contribution in [0.5, 0.6) is 0 Å². The van der Waals surface area contributed by atoms with Crippen LogP contribution in [0, 0.1) is 11.8 Å². The molecule has 3 heteroatoms. The minimum absolute atomic E-state index is 0. The molecule has 58 valence electrons. The van der Waals surface area contributed by atoms with Crippen LogP contribution in [0.4, 0.5) is 0 Å². The van der Waals surface area contributed by atoms with Crippen molar-refractivity contribution in [3.8, 4) is 0 Å². The van der Waals surface area contributed by atoms with Crippen LogP contribution in [0.3, 0.4) is 0 Å². The predicted octanol–water partition coefficient (Wildman–Crippen LogP) is -2.35. The average molecular weight is 175 g/mol. The van der Waals surface area contributed by atoms with Crippen molar-refractivity contribution >= 4 is 23.1 Å². The van der Waals surface area contributed by atoms with E-state index >= 15 is 0 Å². The summed E-state index contributed by atoms with van der Waals surface area (Å²) in [6.45, 7) is 7.88. The molecule has 0 spiro atoms. The summed E-state index contributed by atoms with van der Waals surface area (Å²) in [6, 6.07) is 0. The van der Waals surface area contributed by atoms with Crippen molar-refractivity contribution in [3.63, 3.8) is 0 Å². The van der Waals surface area contributed by atoms with E-state index in [-0.39, 0.29) is 53.4 Å². The molecule has 10 heavy (non-hydrogen) atoms. The van der Waals surface area contributed by atoms with Gasteiger partial charge in [-0.05, 0) is 0 Å². The molecule has 0 saturated carbocycles. The molecular formula is C7H15ClMgO. The molecule has 0 aliphatic heterocycles. The van der Waals surface area contributed by atoms with Crippen LogP contribution in [0.25, 0.3) is 0 Å². The summed E-state index contributed by atoms with van der Waals surface area (Å²) in [5.41, 5.74) is 0. The Balaban J connectivity index is -0.000000245. The summed E-state index contributed by atoms with van der Waals surface area (Å²) in [5.74, 6) is 0.574. The molecule has 0 aromatic carbocycles. The third-order valence-corrected chi connectivity index (χ3v) is 1.31. The quantitative estimate of drug-likeness (QED) is 0.431. The van der Waals surface area contributed by atoms with E-state index in [0.29, 0.717) is 0 Å². The number of hydrogen-bond acceptors (Lipinski definition) is 1. The second kappa shape index (κ2) is 8.12. The summed E-state index contributed by atoms with van der Waals surface area (Å²) < 4.78 is 0. The topological polar surface area (TPSA) is 23.1 Å². The van der Waals surface area contributed by atoms with Gasteiger partial charge in [0, 0.05) is 0 Å². The van der Waals surface area contributed by atoms with Crippen molar-refractivity contribution in [3.05, 3.63) is 0 Å². The molecule has 0 rings (SSSR count). The van der Waals surface area contributed by atoms with Crippen molar-refractivity contribution in [2.24, 2.45) is 11.8 Å². The summed E-state index contributed by atoms with van der Waals surface area (Å²) in [7, 11) is 0. The Hall–Kier alpha value is 1.02. The minimum atomic E-state index is -0.380. The van der Waals surface area contributed by atoms with Crippen LogP contribution in [0.1, 0.15) is 27.7 Å². The van der Waals surface area contributed by atoms with E-state index in [1.165, 1.54) is 0 Å². The Morgan fingerprint density at radius 3 is 1.10 bits per heavy atom. The van der Waals surface area contributed by atoms with Crippen LogP contribution >= 0.6 is 0 Å². The SMILES string of the molecule is CC(C)C([O-])C(C)C.[Cl-].[Mg+2]. The van der Waals surface area contributed by atoms with Crippen LogP contribution in [-0.2, 0) is 0 Å². The first-order valence-electron chi connectivity index (χ1n) is 3.21. The molecule has 0 aromatic rings. The van der Waals surface area contributed by atoms with Gasteiger partial charge in [-0.2, -0.15) is 0 Å². The number of hydrogen-bond donors (Lipinski definition) is 0. The maximum Gasteiger partial charge on any atom is 2.00 e. The van der Waals surface area contributed by atoms with Crippen LogP contribution < -0.4 is 17.5 Å². The zero-order chi connectivity index (χ0) is 6.73. The van der Waals surface area contributed by atoms with Gasteiger partial charge in [0.2, 0.25) is 0 Å². The molecule has 0 saturated heterocycles. The van der Waals surface area contributed by atoms with Gasteiger partial charge in [-0.25, -0.2) is 0 Å². The van der Waals surface area contributed by atoms with Gasteiger partial charge >= 0.3 is 23.1 Å². The van der Waals surface area contributed by atoms with E-state index in [1.807, 2.05) is 27.7 Å². The third-order valence-electron chi connectivity index (χ3n) is 1.31. The number of rotatable bonds is 2. The monoisotopic (exact) mass is 174 g/mol. The molecule has 0 radical (unpaired) electrons. The van der Waals surface area contributed by atoms with E-state index < -0.39 is 0 Å². The van der Waals surface area contributed by atoms with Gasteiger partial charge in [0.05, 0.1) is 0 Å². The van der Waals surface area contributed by atoms with Crippen molar-refractivity contribution < 1.29 is 17.5 Å². The fourth-order valence-electron chi connectivity index (χ4n) is 0.770. The Morgan fingerprint density at radius 2 is 1.10 bits per heavy atom. The van der Waals surface area contributed by atoms with E-state index in [2.05, 4.69) is 0 Å². The Morgan fingerprint density at radius 1 is 0.900 bits per heavy atom. The molecule has 0 atom stereocenters. The van der Waals surface area contributed by atoms with E-state index in [9.17, 15) is 5.11 Å². The largest absolute Gasteiger partial charge is 2.00 e. The van der Waals surface area contributed by atoms with E-state index in [4.69, 9.17) is 0 Å². The van der Waals surface area contributed by atoms with Crippen LogP contribution in [-0.4, -0.2) is 29.2 Å². The van der Waals surface area contributed by atoms with Crippen molar-refractivity contribution in [2.45, 2.75) is 33.8 Å². The van der Waals surface area contributed by atoms with Gasteiger partial charge in [-0.1, -0.05) is 39.5 Å². The van der Waals surface area contributed by atoms with Crippen molar-refractivity contribution in [1.29, 1.82) is 0 Å². The smallest absolute Gasteiger partial charge is 1.00 e. The van der Waals surface area contributed by atoms with Crippen molar-refractivity contribution in [1.82, 2.24) is 0 Å². The summed E-state index contributed by atoms with van der Waals surface area (Å²) in [5, 5.41) is 10.9. The van der Waals surface area contributed by atoms with Gasteiger partial charge in [0.15, 0.2) is 0 Å². The molecule has 0 bridgehead atoms. The fourth-order valence-corrected chi connectivity index (χ4v) is 0.770. The zero-order valence-electron chi connectivity index (χ0n) is 7.23. The molecule has 0 fully saturated rings. The summed E-state index contributed by atoms with van der Waals surface area (Å²) in [6.07, 6.45) is -0.380. The molecule has 1 nitrogen and oxygen atoms in total. The van der Waals surface area contributed by atoms with Crippen LogP contribution in [0.15, 0.2) is 0 Å². The van der Waals surface area contributed by atoms with E-state index in [0.717, 1.165) is 0 Å². The first kappa shape index (κ1) is 17.2. The molecule has 0 aliphatic rings. The van der Waals surface area contributed by atoms with Gasteiger partial charge in [-0.15, -0.1) is 6.10 Å². The Labute approximate surface area is 86.1 Å². The van der Waals surface area contributed by atoms with Gasteiger partial charge in [0.25, 0.3) is 0 Å². The van der Waals surface area contributed by atoms with Gasteiger partial charge in [-0.3, -0.25) is 0 Å². The minimum Gasteiger partial charge on any atom is -1.00 e. The third kappa shape index (κ3) is 7.13. The standard InChI is InChI=1S/C7H15O.ClH.Mg/c1-5(2)7(8)6(3)4;;/h5-7H,1-4H3;1H;/q-1;;+2/p-1. The zero-order valence-corrected chi connectivity index (χ0v) is 9.40. The Bertz CT molecular complexity index is 58.6. The molecule has 0 unspecified atom stereocenters. The molecule has 0 heterocycles. The van der Waals surface area contributed by atoms with E-state index in [1.54, 1.807) is 0 Å². The Kier molecular flexibility index (Phi) is 14.0. The maximum atomic E-state index is 10.9. The molecule has 0 aliphatic carbocycles. The maximum absolute atomic E-state index is 10.9. The molecule has 0 aromatic heterocycles. The second-order valence-corrected chi connectivity index (χ2v) is 2.95. The van der Waals surface area contributed by atoms with Gasteiger partial charge < -0.3 is 17.5 Å². The first-order chi connectivity index (χ1) is 3.55. The normalized spacial score (nSPS) is 9.60. The van der Waals surface area contributed by atoms with Gasteiger partial charge in [0.1, 0.15) is 0 Å². The molecule has 0 N–H and O–H groups in total. The van der Waals surface area contributed by atoms with Crippen molar-refractivity contribution in [2.75, 3.05) is 0 Å². The first-order valence-corrected chi connectivity index (χ1v) is 3.21.